The van der Waals surface area contributed by atoms with Crippen LogP contribution in [0.2, 0.25) is 0 Å². The van der Waals surface area contributed by atoms with Gasteiger partial charge in [-0.15, -0.1) is 0 Å². The van der Waals surface area contributed by atoms with Crippen LogP contribution in [0.4, 0.5) is 5.69 Å². The van der Waals surface area contributed by atoms with Gasteiger partial charge >= 0.3 is 0 Å². The van der Waals surface area contributed by atoms with Crippen LogP contribution in [0.15, 0.2) is 24.3 Å². The van der Waals surface area contributed by atoms with Crippen LogP contribution in [0, 0.1) is 0 Å². The van der Waals surface area contributed by atoms with E-state index in [-0.39, 0.29) is 12.5 Å². The summed E-state index contributed by atoms with van der Waals surface area (Å²) in [7, 11) is 3.44. The summed E-state index contributed by atoms with van der Waals surface area (Å²) >= 11 is 0. The number of aliphatic hydroxyl groups is 1. The van der Waals surface area contributed by atoms with Crippen LogP contribution < -0.4 is 10.5 Å². The number of ether oxygens (including phenoxy) is 1. The molecular weight excluding hydrogens is 270 g/mol. The summed E-state index contributed by atoms with van der Waals surface area (Å²) in [4.78, 5) is 15.1. The van der Waals surface area contributed by atoms with Crippen LogP contribution in [-0.2, 0) is 4.79 Å². The molecule has 0 heterocycles. The average Bonchev–Trinajstić information content (AvgIpc) is 2.44. The minimum atomic E-state index is -0.665. The molecule has 1 aromatic rings. The van der Waals surface area contributed by atoms with Crippen LogP contribution in [-0.4, -0.2) is 67.3 Å². The van der Waals surface area contributed by atoms with Gasteiger partial charge in [0.15, 0.2) is 0 Å². The number of nitrogen functional groups attached to an aromatic ring is 1. The van der Waals surface area contributed by atoms with Gasteiger partial charge in [-0.25, -0.2) is 0 Å². The van der Waals surface area contributed by atoms with E-state index in [2.05, 4.69) is 0 Å². The summed E-state index contributed by atoms with van der Waals surface area (Å²) in [6, 6.07) is 7.07. The van der Waals surface area contributed by atoms with Gasteiger partial charge in [-0.1, -0.05) is 13.0 Å². The normalized spacial score (nSPS) is 12.2. The van der Waals surface area contributed by atoms with E-state index in [4.69, 9.17) is 10.5 Å². The molecule has 0 saturated carbocycles. The average molecular weight is 295 g/mol. The van der Waals surface area contributed by atoms with Crippen molar-refractivity contribution in [1.82, 2.24) is 9.80 Å². The van der Waals surface area contributed by atoms with E-state index in [0.29, 0.717) is 31.1 Å². The van der Waals surface area contributed by atoms with Gasteiger partial charge in [0.2, 0.25) is 5.91 Å². The Bertz CT molecular complexity index is 452. The number of benzene rings is 1. The van der Waals surface area contributed by atoms with E-state index in [9.17, 15) is 9.90 Å². The topological polar surface area (TPSA) is 79.0 Å². The number of likely N-dealkylation sites (N-methyl/N-ethyl adjacent to an activating group) is 2. The highest BCUT2D eigenvalue weighted by molar-refractivity contribution is 5.77. The predicted molar refractivity (Wildman–Crippen MR) is 83.2 cm³/mol. The number of carbonyl (C=O) groups is 1. The summed E-state index contributed by atoms with van der Waals surface area (Å²) in [6.07, 6.45) is -0.665. The molecule has 0 spiro atoms. The lowest BCUT2D eigenvalue weighted by atomic mass is 10.3. The standard InChI is InChI=1S/C15H25N3O3/c1-4-18(10-15(20)17(2)3)9-13(19)11-21-14-7-5-6-12(16)8-14/h5-8,13,19H,4,9-11,16H2,1-3H3. The molecule has 6 nitrogen and oxygen atoms in total. The van der Waals surface area contributed by atoms with Gasteiger partial charge in [-0.05, 0) is 18.7 Å². The van der Waals surface area contributed by atoms with E-state index < -0.39 is 6.10 Å². The first-order valence-electron chi connectivity index (χ1n) is 7.01. The Morgan fingerprint density at radius 3 is 2.71 bits per heavy atom. The molecule has 118 valence electrons. The Kier molecular flexibility index (Phi) is 6.98. The zero-order valence-corrected chi connectivity index (χ0v) is 13.0. The van der Waals surface area contributed by atoms with Crippen molar-refractivity contribution in [2.45, 2.75) is 13.0 Å². The fourth-order valence-electron chi connectivity index (χ4n) is 1.79. The van der Waals surface area contributed by atoms with Crippen molar-refractivity contribution in [3.8, 4) is 5.75 Å². The monoisotopic (exact) mass is 295 g/mol. The van der Waals surface area contributed by atoms with Crippen molar-refractivity contribution in [3.63, 3.8) is 0 Å². The molecule has 0 radical (unpaired) electrons. The maximum absolute atomic E-state index is 11.7. The lowest BCUT2D eigenvalue weighted by Crippen LogP contribution is -2.41. The van der Waals surface area contributed by atoms with Crippen molar-refractivity contribution in [2.75, 3.05) is 46.1 Å². The minimum absolute atomic E-state index is 0.0146. The predicted octanol–water partition coefficient (Wildman–Crippen LogP) is 0.419. The van der Waals surface area contributed by atoms with Crippen molar-refractivity contribution in [3.05, 3.63) is 24.3 Å². The molecule has 0 aliphatic carbocycles. The molecule has 1 aromatic carbocycles. The zero-order chi connectivity index (χ0) is 15.8. The molecule has 21 heavy (non-hydrogen) atoms. The highest BCUT2D eigenvalue weighted by atomic mass is 16.5. The molecule has 0 fully saturated rings. The smallest absolute Gasteiger partial charge is 0.236 e. The first-order valence-corrected chi connectivity index (χ1v) is 7.01. The number of hydrogen-bond acceptors (Lipinski definition) is 5. The lowest BCUT2D eigenvalue weighted by Gasteiger charge is -2.24. The summed E-state index contributed by atoms with van der Waals surface area (Å²) in [5, 5.41) is 10.0. The molecule has 0 bridgehead atoms. The van der Waals surface area contributed by atoms with Gasteiger partial charge in [0, 0.05) is 32.4 Å². The summed E-state index contributed by atoms with van der Waals surface area (Å²) in [5.41, 5.74) is 6.28. The third-order valence-electron chi connectivity index (χ3n) is 3.07. The Hall–Kier alpha value is -1.79. The number of aliphatic hydroxyl groups excluding tert-OH is 1. The van der Waals surface area contributed by atoms with E-state index in [1.165, 1.54) is 4.90 Å². The van der Waals surface area contributed by atoms with Gasteiger partial charge in [0.1, 0.15) is 18.5 Å². The third-order valence-corrected chi connectivity index (χ3v) is 3.07. The lowest BCUT2D eigenvalue weighted by molar-refractivity contribution is -0.130. The molecule has 0 aliphatic heterocycles. The van der Waals surface area contributed by atoms with E-state index in [1.807, 2.05) is 11.8 Å². The SMILES string of the molecule is CCN(CC(=O)N(C)C)CC(O)COc1cccc(N)c1. The molecule has 6 heteroatoms. The Labute approximate surface area is 126 Å². The fraction of sp³-hybridized carbons (Fsp3) is 0.533. The molecule has 0 saturated heterocycles. The van der Waals surface area contributed by atoms with Crippen molar-refractivity contribution in [2.24, 2.45) is 0 Å². The second-order valence-electron chi connectivity index (χ2n) is 5.15. The van der Waals surface area contributed by atoms with Crippen LogP contribution in [0.3, 0.4) is 0 Å². The Morgan fingerprint density at radius 2 is 2.14 bits per heavy atom. The number of carbonyl (C=O) groups excluding carboxylic acids is 1. The first kappa shape index (κ1) is 17.3. The fourth-order valence-corrected chi connectivity index (χ4v) is 1.79. The number of amides is 1. The number of anilines is 1. The highest BCUT2D eigenvalue weighted by Gasteiger charge is 2.15. The summed E-state index contributed by atoms with van der Waals surface area (Å²) in [6.45, 7) is 3.48. The first-order chi connectivity index (χ1) is 9.92. The molecule has 0 aromatic heterocycles. The van der Waals surface area contributed by atoms with Gasteiger partial charge in [-0.3, -0.25) is 9.69 Å². The van der Waals surface area contributed by atoms with Crippen LogP contribution in [0.25, 0.3) is 0 Å². The van der Waals surface area contributed by atoms with E-state index in [0.717, 1.165) is 0 Å². The van der Waals surface area contributed by atoms with Crippen LogP contribution in [0.1, 0.15) is 6.92 Å². The van der Waals surface area contributed by atoms with Crippen molar-refractivity contribution in [1.29, 1.82) is 0 Å². The van der Waals surface area contributed by atoms with Gasteiger partial charge in [0.25, 0.3) is 0 Å². The summed E-state index contributed by atoms with van der Waals surface area (Å²) < 4.78 is 5.49. The van der Waals surface area contributed by atoms with Crippen molar-refractivity contribution >= 4 is 11.6 Å². The Morgan fingerprint density at radius 1 is 1.43 bits per heavy atom. The number of nitrogens with two attached hydrogens (primary N) is 1. The van der Waals surface area contributed by atoms with Gasteiger partial charge in [-0.2, -0.15) is 0 Å². The molecule has 3 N–H and O–H groups in total. The molecule has 1 amide bonds. The number of nitrogens with zero attached hydrogens (tertiary/aromatic N) is 2. The molecular formula is C15H25N3O3. The Balaban J connectivity index is 2.40. The molecule has 1 rings (SSSR count). The van der Waals surface area contributed by atoms with Crippen molar-refractivity contribution < 1.29 is 14.6 Å². The summed E-state index contributed by atoms with van der Waals surface area (Å²) in [5.74, 6) is 0.641. The van der Waals surface area contributed by atoms with Crippen LogP contribution in [0.5, 0.6) is 5.75 Å². The maximum Gasteiger partial charge on any atom is 0.236 e. The quantitative estimate of drug-likeness (QED) is 0.680. The van der Waals surface area contributed by atoms with Crippen LogP contribution >= 0.6 is 0 Å². The van der Waals surface area contributed by atoms with Gasteiger partial charge < -0.3 is 20.5 Å². The third kappa shape index (κ3) is 6.46. The zero-order valence-electron chi connectivity index (χ0n) is 13.0. The molecule has 1 atom stereocenters. The second-order valence-corrected chi connectivity index (χ2v) is 5.15. The molecule has 1 unspecified atom stereocenters. The van der Waals surface area contributed by atoms with E-state index in [1.54, 1.807) is 38.4 Å². The second kappa shape index (κ2) is 8.49. The highest BCUT2D eigenvalue weighted by Crippen LogP contribution is 2.14. The number of rotatable bonds is 8. The maximum atomic E-state index is 11.7. The largest absolute Gasteiger partial charge is 0.491 e. The minimum Gasteiger partial charge on any atom is -0.491 e. The van der Waals surface area contributed by atoms with Gasteiger partial charge in [0.05, 0.1) is 6.54 Å². The molecule has 0 aliphatic rings. The van der Waals surface area contributed by atoms with E-state index >= 15 is 0 Å². The number of hydrogen-bond donors (Lipinski definition) is 2.